The van der Waals surface area contributed by atoms with Gasteiger partial charge in [-0.3, -0.25) is 0 Å². The van der Waals surface area contributed by atoms with Gasteiger partial charge in [-0.25, -0.2) is 4.79 Å². The Bertz CT molecular complexity index is 235. The molecule has 0 saturated heterocycles. The number of methoxy groups -OCH3 is 1. The van der Waals surface area contributed by atoms with E-state index in [4.69, 9.17) is 10.2 Å². The van der Waals surface area contributed by atoms with Crippen molar-refractivity contribution in [1.82, 2.24) is 0 Å². The zero-order valence-electron chi connectivity index (χ0n) is 7.17. The molecule has 13 heavy (non-hydrogen) atoms. The number of ether oxygens (including phenoxy) is 1. The van der Waals surface area contributed by atoms with Gasteiger partial charge in [0.15, 0.2) is 0 Å². The van der Waals surface area contributed by atoms with Crippen molar-refractivity contribution in [2.24, 2.45) is 0 Å². The highest BCUT2D eigenvalue weighted by Crippen LogP contribution is 2.20. The van der Waals surface area contributed by atoms with E-state index in [2.05, 4.69) is 4.74 Å². The normalized spacial score (nSPS) is 33.8. The van der Waals surface area contributed by atoms with E-state index >= 15 is 0 Å². The molecule has 0 aromatic heterocycles. The van der Waals surface area contributed by atoms with E-state index in [0.717, 1.165) is 0 Å². The van der Waals surface area contributed by atoms with Crippen LogP contribution in [-0.4, -0.2) is 46.7 Å². The fraction of sp³-hybridized carbons (Fsp3) is 0.625. The molecule has 5 nitrogen and oxygen atoms in total. The first-order valence-corrected chi connectivity index (χ1v) is 3.89. The molecule has 0 spiro atoms. The molecule has 0 radical (unpaired) electrons. The molecule has 3 N–H and O–H groups in total. The Balaban J connectivity index is 2.78. The minimum Gasteiger partial charge on any atom is -0.466 e. The largest absolute Gasteiger partial charge is 0.466 e. The third-order valence-corrected chi connectivity index (χ3v) is 1.99. The lowest BCUT2D eigenvalue weighted by molar-refractivity contribution is -0.137. The first kappa shape index (κ1) is 10.2. The second kappa shape index (κ2) is 3.87. The molecule has 0 saturated carbocycles. The molecule has 0 heterocycles. The van der Waals surface area contributed by atoms with Crippen molar-refractivity contribution >= 4 is 5.97 Å². The van der Waals surface area contributed by atoms with E-state index in [1.54, 1.807) is 0 Å². The Hall–Kier alpha value is -0.910. The topological polar surface area (TPSA) is 87.0 Å². The fourth-order valence-corrected chi connectivity index (χ4v) is 1.23. The van der Waals surface area contributed by atoms with Crippen LogP contribution in [0.2, 0.25) is 0 Å². The highest BCUT2D eigenvalue weighted by atomic mass is 16.5. The van der Waals surface area contributed by atoms with Gasteiger partial charge in [-0.05, 0) is 6.08 Å². The van der Waals surface area contributed by atoms with Crippen molar-refractivity contribution in [3.05, 3.63) is 11.6 Å². The number of aliphatic hydroxyl groups is 3. The van der Waals surface area contributed by atoms with Crippen LogP contribution >= 0.6 is 0 Å². The fourth-order valence-electron chi connectivity index (χ4n) is 1.23. The highest BCUT2D eigenvalue weighted by molar-refractivity contribution is 5.88. The van der Waals surface area contributed by atoms with E-state index < -0.39 is 24.3 Å². The third-order valence-electron chi connectivity index (χ3n) is 1.99. The van der Waals surface area contributed by atoms with Crippen molar-refractivity contribution in [3.63, 3.8) is 0 Å². The molecule has 1 aliphatic carbocycles. The molecule has 74 valence electrons. The number of carbonyl (C=O) groups is 1. The first-order chi connectivity index (χ1) is 6.06. The van der Waals surface area contributed by atoms with E-state index in [9.17, 15) is 9.90 Å². The van der Waals surface area contributed by atoms with Crippen LogP contribution in [-0.2, 0) is 9.53 Å². The van der Waals surface area contributed by atoms with Crippen LogP contribution in [0.25, 0.3) is 0 Å². The van der Waals surface area contributed by atoms with Gasteiger partial charge in [0, 0.05) is 12.0 Å². The van der Waals surface area contributed by atoms with Crippen molar-refractivity contribution in [2.45, 2.75) is 24.7 Å². The average Bonchev–Trinajstić information content (AvgIpc) is 2.12. The van der Waals surface area contributed by atoms with Crippen LogP contribution in [0.15, 0.2) is 11.6 Å². The third kappa shape index (κ3) is 2.06. The average molecular weight is 188 g/mol. The Morgan fingerprint density at radius 2 is 2.15 bits per heavy atom. The van der Waals surface area contributed by atoms with Crippen LogP contribution in [0.4, 0.5) is 0 Å². The van der Waals surface area contributed by atoms with Gasteiger partial charge in [-0.2, -0.15) is 0 Å². The summed E-state index contributed by atoms with van der Waals surface area (Å²) < 4.78 is 4.41. The summed E-state index contributed by atoms with van der Waals surface area (Å²) in [7, 11) is 1.22. The lowest BCUT2D eigenvalue weighted by Crippen LogP contribution is -2.40. The molecular weight excluding hydrogens is 176 g/mol. The number of rotatable bonds is 1. The summed E-state index contributed by atoms with van der Waals surface area (Å²) in [4.78, 5) is 11.0. The molecule has 1 rings (SSSR count). The Morgan fingerprint density at radius 1 is 1.54 bits per heavy atom. The van der Waals surface area contributed by atoms with Gasteiger partial charge >= 0.3 is 5.97 Å². The molecular formula is C8H12O5. The van der Waals surface area contributed by atoms with Crippen LogP contribution in [0, 0.1) is 0 Å². The smallest absolute Gasteiger partial charge is 0.333 e. The number of hydrogen-bond donors (Lipinski definition) is 3. The zero-order valence-corrected chi connectivity index (χ0v) is 7.17. The van der Waals surface area contributed by atoms with Crippen LogP contribution in [0.3, 0.4) is 0 Å². The van der Waals surface area contributed by atoms with E-state index in [-0.39, 0.29) is 12.0 Å². The van der Waals surface area contributed by atoms with Crippen molar-refractivity contribution in [1.29, 1.82) is 0 Å². The van der Waals surface area contributed by atoms with E-state index in [0.29, 0.717) is 0 Å². The van der Waals surface area contributed by atoms with Gasteiger partial charge in [0.25, 0.3) is 0 Å². The molecule has 3 atom stereocenters. The van der Waals surface area contributed by atoms with Crippen LogP contribution < -0.4 is 0 Å². The lowest BCUT2D eigenvalue weighted by atomic mass is 9.92. The molecule has 0 unspecified atom stereocenters. The number of hydrogen-bond acceptors (Lipinski definition) is 5. The zero-order chi connectivity index (χ0) is 10.0. The quantitative estimate of drug-likeness (QED) is 0.439. The SMILES string of the molecule is COC(=O)C1=C[C@@H](O)[C@H](O)[C@@H](O)C1. The van der Waals surface area contributed by atoms with Gasteiger partial charge in [0.05, 0.1) is 13.2 Å². The highest BCUT2D eigenvalue weighted by Gasteiger charge is 2.31. The number of esters is 1. The van der Waals surface area contributed by atoms with Gasteiger partial charge in [0.2, 0.25) is 0 Å². The second-order valence-electron chi connectivity index (χ2n) is 2.94. The molecule has 0 fully saturated rings. The molecule has 1 aliphatic rings. The first-order valence-electron chi connectivity index (χ1n) is 3.89. The molecule has 0 aromatic rings. The predicted octanol–water partition coefficient (Wildman–Crippen LogP) is -1.43. The summed E-state index contributed by atoms with van der Waals surface area (Å²) in [6, 6.07) is 0. The minimum absolute atomic E-state index is 0.00486. The van der Waals surface area contributed by atoms with Crippen LogP contribution in [0.1, 0.15) is 6.42 Å². The second-order valence-corrected chi connectivity index (χ2v) is 2.94. The van der Waals surface area contributed by atoms with Gasteiger partial charge in [-0.15, -0.1) is 0 Å². The summed E-state index contributed by atoms with van der Waals surface area (Å²) in [6.45, 7) is 0. The molecule has 0 aliphatic heterocycles. The maximum atomic E-state index is 11.0. The van der Waals surface area contributed by atoms with Gasteiger partial charge in [-0.1, -0.05) is 0 Å². The molecule has 0 aromatic carbocycles. The molecule has 0 amide bonds. The van der Waals surface area contributed by atoms with Crippen molar-refractivity contribution in [2.75, 3.05) is 7.11 Å². The van der Waals surface area contributed by atoms with Crippen molar-refractivity contribution < 1.29 is 24.9 Å². The maximum Gasteiger partial charge on any atom is 0.333 e. The maximum absolute atomic E-state index is 11.0. The molecule has 5 heteroatoms. The number of aliphatic hydroxyl groups excluding tert-OH is 3. The number of carbonyl (C=O) groups excluding carboxylic acids is 1. The predicted molar refractivity (Wildman–Crippen MR) is 42.7 cm³/mol. The van der Waals surface area contributed by atoms with E-state index in [1.807, 2.05) is 0 Å². The summed E-state index contributed by atoms with van der Waals surface area (Å²) in [5.74, 6) is -0.593. The molecule has 0 bridgehead atoms. The Kier molecular flexibility index (Phi) is 3.02. The van der Waals surface area contributed by atoms with Gasteiger partial charge in [0.1, 0.15) is 12.2 Å². The summed E-state index contributed by atoms with van der Waals surface area (Å²) in [5.41, 5.74) is 0.188. The standard InChI is InChI=1S/C8H12O5/c1-13-8(12)4-2-5(9)7(11)6(10)3-4/h2,5-7,9-11H,3H2,1H3/t5-,6+,7+/m1/s1. The van der Waals surface area contributed by atoms with Crippen molar-refractivity contribution in [3.8, 4) is 0 Å². The monoisotopic (exact) mass is 188 g/mol. The summed E-state index contributed by atoms with van der Waals surface area (Å²) >= 11 is 0. The Labute approximate surface area is 75.3 Å². The summed E-state index contributed by atoms with van der Waals surface area (Å²) in [5, 5.41) is 27.5. The minimum atomic E-state index is -1.23. The lowest BCUT2D eigenvalue weighted by Gasteiger charge is -2.26. The van der Waals surface area contributed by atoms with Gasteiger partial charge < -0.3 is 20.1 Å². The van der Waals surface area contributed by atoms with Crippen LogP contribution in [0.5, 0.6) is 0 Å². The van der Waals surface area contributed by atoms with E-state index in [1.165, 1.54) is 13.2 Å². The Morgan fingerprint density at radius 3 is 2.62 bits per heavy atom. The summed E-state index contributed by atoms with van der Waals surface area (Å²) in [6.07, 6.45) is -2.35.